The summed E-state index contributed by atoms with van der Waals surface area (Å²) >= 11 is 1.94. The topological polar surface area (TPSA) is 46.3 Å². The molecule has 2 unspecified atom stereocenters. The largest absolute Gasteiger partial charge is 0.340 e. The van der Waals surface area contributed by atoms with Crippen molar-refractivity contribution in [3.05, 3.63) is 0 Å². The Kier molecular flexibility index (Phi) is 4.46. The molecule has 1 rings (SSSR count). The molecule has 0 bridgehead atoms. The lowest BCUT2D eigenvalue weighted by Gasteiger charge is -2.37. The van der Waals surface area contributed by atoms with Gasteiger partial charge < -0.3 is 10.6 Å². The summed E-state index contributed by atoms with van der Waals surface area (Å²) in [5.41, 5.74) is 5.35. The highest BCUT2D eigenvalue weighted by Gasteiger charge is 2.35. The quantitative estimate of drug-likeness (QED) is 0.795. The first-order valence-corrected chi connectivity index (χ1v) is 6.69. The van der Waals surface area contributed by atoms with Crippen LogP contribution in [0.2, 0.25) is 0 Å². The first-order chi connectivity index (χ1) is 7.03. The van der Waals surface area contributed by atoms with Crippen LogP contribution in [-0.4, -0.2) is 41.4 Å². The highest BCUT2D eigenvalue weighted by atomic mass is 32.2. The Hall–Kier alpha value is -0.220. The van der Waals surface area contributed by atoms with Crippen molar-refractivity contribution in [1.29, 1.82) is 0 Å². The van der Waals surface area contributed by atoms with Crippen LogP contribution in [-0.2, 0) is 4.79 Å². The second-order valence-corrected chi connectivity index (χ2v) is 6.10. The molecule has 1 amide bonds. The fraction of sp³-hybridized carbons (Fsp3) is 0.909. The number of amides is 1. The third-order valence-electron chi connectivity index (χ3n) is 3.28. The highest BCUT2D eigenvalue weighted by molar-refractivity contribution is 7.99. The molecule has 2 N–H and O–H groups in total. The van der Waals surface area contributed by atoms with Gasteiger partial charge in [0.2, 0.25) is 5.91 Å². The number of hydrogen-bond acceptors (Lipinski definition) is 3. The number of nitrogens with zero attached hydrogens (tertiary/aromatic N) is 1. The Morgan fingerprint density at radius 1 is 1.67 bits per heavy atom. The number of carbonyl (C=O) groups is 1. The standard InChI is InChI=1S/C11H22N2OS/c1-4-11(3,8-12)10(14)13-5-6-15-9(2)7-13/h9H,4-8,12H2,1-3H3. The van der Waals surface area contributed by atoms with Gasteiger partial charge in [-0.15, -0.1) is 0 Å². The molecule has 1 saturated heterocycles. The zero-order valence-corrected chi connectivity index (χ0v) is 10.8. The number of carbonyl (C=O) groups excluding carboxylic acids is 1. The Labute approximate surface area is 96.8 Å². The molecule has 0 aromatic rings. The molecule has 0 radical (unpaired) electrons. The summed E-state index contributed by atoms with van der Waals surface area (Å²) in [4.78, 5) is 14.2. The van der Waals surface area contributed by atoms with Crippen LogP contribution in [0.15, 0.2) is 0 Å². The number of nitrogens with two attached hydrogens (primary N) is 1. The number of rotatable bonds is 3. The average Bonchev–Trinajstić information content (AvgIpc) is 2.27. The molecule has 3 nitrogen and oxygen atoms in total. The third kappa shape index (κ3) is 2.88. The van der Waals surface area contributed by atoms with Crippen LogP contribution >= 0.6 is 11.8 Å². The van der Waals surface area contributed by atoms with Crippen LogP contribution in [0, 0.1) is 5.41 Å². The van der Waals surface area contributed by atoms with E-state index in [0.29, 0.717) is 11.8 Å². The molecule has 15 heavy (non-hydrogen) atoms. The molecule has 2 atom stereocenters. The summed E-state index contributed by atoms with van der Waals surface area (Å²) < 4.78 is 0. The minimum absolute atomic E-state index is 0.236. The number of thioether (sulfide) groups is 1. The SMILES string of the molecule is CCC(C)(CN)C(=O)N1CCSC(C)C1. The third-order valence-corrected chi connectivity index (χ3v) is 4.41. The van der Waals surface area contributed by atoms with Crippen molar-refractivity contribution in [2.24, 2.45) is 11.1 Å². The Balaban J connectivity index is 2.66. The van der Waals surface area contributed by atoms with E-state index in [4.69, 9.17) is 5.73 Å². The van der Waals surface area contributed by atoms with Crippen molar-refractivity contribution in [1.82, 2.24) is 4.90 Å². The molecule has 0 aromatic heterocycles. The van der Waals surface area contributed by atoms with Crippen molar-refractivity contribution in [3.63, 3.8) is 0 Å². The molecule has 0 saturated carbocycles. The normalized spacial score (nSPS) is 26.1. The summed E-state index contributed by atoms with van der Waals surface area (Å²) in [5.74, 6) is 1.29. The Bertz CT molecular complexity index is 229. The van der Waals surface area contributed by atoms with Crippen molar-refractivity contribution in [3.8, 4) is 0 Å². The smallest absolute Gasteiger partial charge is 0.229 e. The Morgan fingerprint density at radius 2 is 2.33 bits per heavy atom. The first-order valence-electron chi connectivity index (χ1n) is 5.64. The van der Waals surface area contributed by atoms with E-state index < -0.39 is 0 Å². The van der Waals surface area contributed by atoms with E-state index in [9.17, 15) is 4.79 Å². The van der Waals surface area contributed by atoms with Gasteiger partial charge >= 0.3 is 0 Å². The van der Waals surface area contributed by atoms with Gasteiger partial charge in [0.1, 0.15) is 0 Å². The van der Waals surface area contributed by atoms with Crippen molar-refractivity contribution in [2.45, 2.75) is 32.4 Å². The maximum absolute atomic E-state index is 12.3. The van der Waals surface area contributed by atoms with Crippen LogP contribution < -0.4 is 5.73 Å². The molecular formula is C11H22N2OS. The summed E-state index contributed by atoms with van der Waals surface area (Å²) in [7, 11) is 0. The van der Waals surface area contributed by atoms with E-state index in [1.165, 1.54) is 0 Å². The van der Waals surface area contributed by atoms with Crippen molar-refractivity contribution >= 4 is 17.7 Å². The lowest BCUT2D eigenvalue weighted by atomic mass is 9.86. The predicted octanol–water partition coefficient (Wildman–Crippen LogP) is 1.33. The van der Waals surface area contributed by atoms with Gasteiger partial charge in [-0.25, -0.2) is 0 Å². The monoisotopic (exact) mass is 230 g/mol. The van der Waals surface area contributed by atoms with Crippen LogP contribution in [0.1, 0.15) is 27.2 Å². The van der Waals surface area contributed by atoms with Gasteiger partial charge in [-0.2, -0.15) is 11.8 Å². The molecule has 1 aliphatic heterocycles. The predicted molar refractivity (Wildman–Crippen MR) is 66.0 cm³/mol. The molecular weight excluding hydrogens is 208 g/mol. The van der Waals surface area contributed by atoms with Crippen LogP contribution in [0.4, 0.5) is 0 Å². The molecule has 88 valence electrons. The first kappa shape index (κ1) is 12.8. The average molecular weight is 230 g/mol. The second-order valence-electron chi connectivity index (χ2n) is 4.55. The van der Waals surface area contributed by atoms with E-state index in [1.807, 2.05) is 30.5 Å². The van der Waals surface area contributed by atoms with Crippen LogP contribution in [0.3, 0.4) is 0 Å². The summed E-state index contributed by atoms with van der Waals surface area (Å²) in [6, 6.07) is 0. The van der Waals surface area contributed by atoms with Crippen molar-refractivity contribution in [2.75, 3.05) is 25.4 Å². The molecule has 1 fully saturated rings. The fourth-order valence-corrected chi connectivity index (χ4v) is 2.78. The molecule has 4 heteroatoms. The van der Waals surface area contributed by atoms with Gasteiger partial charge in [0, 0.05) is 30.6 Å². The van der Waals surface area contributed by atoms with Gasteiger partial charge in [0.25, 0.3) is 0 Å². The molecule has 0 spiro atoms. The highest BCUT2D eigenvalue weighted by Crippen LogP contribution is 2.26. The van der Waals surface area contributed by atoms with E-state index in [-0.39, 0.29) is 11.3 Å². The van der Waals surface area contributed by atoms with Gasteiger partial charge in [0.05, 0.1) is 5.41 Å². The van der Waals surface area contributed by atoms with Gasteiger partial charge in [-0.05, 0) is 13.3 Å². The molecule has 1 aliphatic rings. The molecule has 0 aliphatic carbocycles. The zero-order valence-electron chi connectivity index (χ0n) is 9.95. The lowest BCUT2D eigenvalue weighted by molar-refractivity contribution is -0.140. The summed E-state index contributed by atoms with van der Waals surface area (Å²) in [5, 5.41) is 0.557. The lowest BCUT2D eigenvalue weighted by Crippen LogP contribution is -2.50. The minimum atomic E-state index is -0.359. The van der Waals surface area contributed by atoms with Gasteiger partial charge in [0.15, 0.2) is 0 Å². The Morgan fingerprint density at radius 3 is 2.80 bits per heavy atom. The molecule has 0 aromatic carbocycles. The van der Waals surface area contributed by atoms with E-state index in [0.717, 1.165) is 25.3 Å². The fourth-order valence-electron chi connectivity index (χ4n) is 1.77. The van der Waals surface area contributed by atoms with Gasteiger partial charge in [-0.3, -0.25) is 4.79 Å². The van der Waals surface area contributed by atoms with Crippen LogP contribution in [0.5, 0.6) is 0 Å². The van der Waals surface area contributed by atoms with Crippen LogP contribution in [0.25, 0.3) is 0 Å². The van der Waals surface area contributed by atoms with Gasteiger partial charge in [-0.1, -0.05) is 13.8 Å². The minimum Gasteiger partial charge on any atom is -0.340 e. The maximum atomic E-state index is 12.3. The summed E-state index contributed by atoms with van der Waals surface area (Å²) in [6.45, 7) is 8.38. The second kappa shape index (κ2) is 5.21. The van der Waals surface area contributed by atoms with E-state index in [1.54, 1.807) is 0 Å². The van der Waals surface area contributed by atoms with E-state index in [2.05, 4.69) is 6.92 Å². The summed E-state index contributed by atoms with van der Waals surface area (Å²) in [6.07, 6.45) is 0.820. The van der Waals surface area contributed by atoms with E-state index >= 15 is 0 Å². The number of hydrogen-bond donors (Lipinski definition) is 1. The maximum Gasteiger partial charge on any atom is 0.229 e. The van der Waals surface area contributed by atoms with Crippen molar-refractivity contribution < 1.29 is 4.79 Å². The zero-order chi connectivity index (χ0) is 11.5. The molecule has 1 heterocycles.